The Balaban J connectivity index is 2.49. The summed E-state index contributed by atoms with van der Waals surface area (Å²) >= 11 is 0. The van der Waals surface area contributed by atoms with Crippen LogP contribution in [-0.4, -0.2) is 48.6 Å². The number of ether oxygens (including phenoxy) is 1. The number of nitrogens with one attached hydrogen (secondary N) is 2. The van der Waals surface area contributed by atoms with Crippen molar-refractivity contribution in [2.24, 2.45) is 5.73 Å². The monoisotopic (exact) mass is 228 g/mol. The summed E-state index contributed by atoms with van der Waals surface area (Å²) < 4.78 is 5.18. The summed E-state index contributed by atoms with van der Waals surface area (Å²) in [6.07, 6.45) is 0.845. The molecule has 1 aliphatic rings. The van der Waals surface area contributed by atoms with E-state index in [1.807, 2.05) is 13.8 Å². The fourth-order valence-corrected chi connectivity index (χ4v) is 1.58. The van der Waals surface area contributed by atoms with Crippen LogP contribution in [0.4, 0.5) is 4.79 Å². The second-order valence-corrected chi connectivity index (χ2v) is 4.26. The lowest BCUT2D eigenvalue weighted by atomic mass is 10.2. The molecular formula is C10H20N4O2. The lowest BCUT2D eigenvalue weighted by Gasteiger charge is -2.27. The van der Waals surface area contributed by atoms with Gasteiger partial charge in [-0.2, -0.15) is 0 Å². The van der Waals surface area contributed by atoms with Crippen LogP contribution in [0.25, 0.3) is 0 Å². The Morgan fingerprint density at radius 3 is 2.81 bits per heavy atom. The SMILES string of the molecule is CC(C)N(CC(=N)N)C(=O)NC1CCOC1. The van der Waals surface area contributed by atoms with Gasteiger partial charge < -0.3 is 20.7 Å². The summed E-state index contributed by atoms with van der Waals surface area (Å²) in [5.74, 6) is -0.00785. The lowest BCUT2D eigenvalue weighted by molar-refractivity contribution is 0.175. The van der Waals surface area contributed by atoms with E-state index in [4.69, 9.17) is 15.9 Å². The van der Waals surface area contributed by atoms with E-state index in [-0.39, 0.29) is 30.5 Å². The largest absolute Gasteiger partial charge is 0.386 e. The predicted octanol–water partition coefficient (Wildman–Crippen LogP) is 0.131. The van der Waals surface area contributed by atoms with Crippen molar-refractivity contribution in [3.05, 3.63) is 0 Å². The summed E-state index contributed by atoms with van der Waals surface area (Å²) in [6.45, 7) is 5.22. The van der Waals surface area contributed by atoms with Crippen LogP contribution < -0.4 is 11.1 Å². The molecule has 92 valence electrons. The van der Waals surface area contributed by atoms with Crippen LogP contribution in [0, 0.1) is 5.41 Å². The smallest absolute Gasteiger partial charge is 0.318 e. The molecule has 0 saturated carbocycles. The average Bonchev–Trinajstić information content (AvgIpc) is 2.65. The first-order chi connectivity index (χ1) is 7.50. The highest BCUT2D eigenvalue weighted by atomic mass is 16.5. The van der Waals surface area contributed by atoms with Crippen LogP contribution in [0.1, 0.15) is 20.3 Å². The minimum atomic E-state index is -0.180. The molecule has 2 amide bonds. The number of nitrogens with two attached hydrogens (primary N) is 1. The highest BCUT2D eigenvalue weighted by Crippen LogP contribution is 2.05. The predicted molar refractivity (Wildman–Crippen MR) is 61.5 cm³/mol. The minimum Gasteiger partial charge on any atom is -0.386 e. The molecule has 1 unspecified atom stereocenters. The summed E-state index contributed by atoms with van der Waals surface area (Å²) in [5, 5.41) is 10.1. The summed E-state index contributed by atoms with van der Waals surface area (Å²) in [7, 11) is 0. The molecule has 16 heavy (non-hydrogen) atoms. The third-order valence-electron chi connectivity index (χ3n) is 2.48. The van der Waals surface area contributed by atoms with E-state index in [0.29, 0.717) is 13.2 Å². The van der Waals surface area contributed by atoms with E-state index in [2.05, 4.69) is 5.32 Å². The fourth-order valence-electron chi connectivity index (χ4n) is 1.58. The average molecular weight is 228 g/mol. The highest BCUT2D eigenvalue weighted by Gasteiger charge is 2.23. The number of rotatable bonds is 4. The van der Waals surface area contributed by atoms with Gasteiger partial charge in [0, 0.05) is 12.6 Å². The molecule has 6 heteroatoms. The van der Waals surface area contributed by atoms with Crippen molar-refractivity contribution in [1.82, 2.24) is 10.2 Å². The van der Waals surface area contributed by atoms with E-state index < -0.39 is 0 Å². The Kier molecular flexibility index (Phi) is 4.54. The number of nitrogens with zero attached hydrogens (tertiary/aromatic N) is 1. The van der Waals surface area contributed by atoms with Crippen molar-refractivity contribution in [2.45, 2.75) is 32.4 Å². The van der Waals surface area contributed by atoms with Crippen molar-refractivity contribution < 1.29 is 9.53 Å². The molecule has 1 rings (SSSR count). The Labute approximate surface area is 95.6 Å². The molecule has 1 heterocycles. The number of amides is 2. The van der Waals surface area contributed by atoms with Gasteiger partial charge >= 0.3 is 6.03 Å². The van der Waals surface area contributed by atoms with Gasteiger partial charge in [0.1, 0.15) is 5.84 Å². The molecular weight excluding hydrogens is 208 g/mol. The maximum atomic E-state index is 11.9. The zero-order valence-corrected chi connectivity index (χ0v) is 9.82. The Bertz CT molecular complexity index is 262. The Morgan fingerprint density at radius 1 is 1.69 bits per heavy atom. The van der Waals surface area contributed by atoms with Gasteiger partial charge in [0.15, 0.2) is 0 Å². The van der Waals surface area contributed by atoms with Gasteiger partial charge in [-0.3, -0.25) is 5.41 Å². The molecule has 0 aromatic rings. The molecule has 1 atom stereocenters. The number of urea groups is 1. The van der Waals surface area contributed by atoms with Gasteiger partial charge in [-0.25, -0.2) is 4.79 Å². The van der Waals surface area contributed by atoms with Gasteiger partial charge in [0.2, 0.25) is 0 Å². The number of hydrogen-bond acceptors (Lipinski definition) is 3. The van der Waals surface area contributed by atoms with Crippen LogP contribution in [0.2, 0.25) is 0 Å². The lowest BCUT2D eigenvalue weighted by Crippen LogP contribution is -2.50. The molecule has 0 aromatic carbocycles. The standard InChI is InChI=1S/C10H20N4O2/c1-7(2)14(5-9(11)12)10(15)13-8-3-4-16-6-8/h7-8H,3-6H2,1-2H3,(H3,11,12)(H,13,15). The minimum absolute atomic E-state index is 0.00785. The molecule has 1 aliphatic heterocycles. The molecule has 0 aliphatic carbocycles. The van der Waals surface area contributed by atoms with E-state index in [9.17, 15) is 4.79 Å². The Morgan fingerprint density at radius 2 is 2.38 bits per heavy atom. The summed E-state index contributed by atoms with van der Waals surface area (Å²) in [4.78, 5) is 13.4. The first kappa shape index (κ1) is 12.8. The van der Waals surface area contributed by atoms with E-state index in [1.165, 1.54) is 0 Å². The van der Waals surface area contributed by atoms with Gasteiger partial charge in [-0.05, 0) is 20.3 Å². The number of hydrogen-bond donors (Lipinski definition) is 3. The molecule has 1 saturated heterocycles. The quantitative estimate of drug-likeness (QED) is 0.472. The zero-order chi connectivity index (χ0) is 12.1. The van der Waals surface area contributed by atoms with Crippen LogP contribution >= 0.6 is 0 Å². The maximum absolute atomic E-state index is 11.9. The normalized spacial score (nSPS) is 19.8. The second-order valence-electron chi connectivity index (χ2n) is 4.26. The van der Waals surface area contributed by atoms with E-state index in [0.717, 1.165) is 6.42 Å². The molecule has 0 bridgehead atoms. The van der Waals surface area contributed by atoms with E-state index in [1.54, 1.807) is 4.90 Å². The van der Waals surface area contributed by atoms with Crippen LogP contribution in [0.5, 0.6) is 0 Å². The molecule has 4 N–H and O–H groups in total. The molecule has 0 radical (unpaired) electrons. The van der Waals surface area contributed by atoms with Crippen molar-refractivity contribution in [2.75, 3.05) is 19.8 Å². The number of amidine groups is 1. The van der Waals surface area contributed by atoms with Gasteiger partial charge in [0.25, 0.3) is 0 Å². The number of carbonyl (C=O) groups excluding carboxylic acids is 1. The van der Waals surface area contributed by atoms with Gasteiger partial charge in [-0.1, -0.05) is 0 Å². The molecule has 0 spiro atoms. The van der Waals surface area contributed by atoms with Gasteiger partial charge in [-0.15, -0.1) is 0 Å². The first-order valence-corrected chi connectivity index (χ1v) is 5.48. The zero-order valence-electron chi connectivity index (χ0n) is 9.82. The maximum Gasteiger partial charge on any atom is 0.318 e. The summed E-state index contributed by atoms with van der Waals surface area (Å²) in [6, 6.07) is -0.0763. The fraction of sp³-hybridized carbons (Fsp3) is 0.800. The number of carbonyl (C=O) groups is 1. The highest BCUT2D eigenvalue weighted by molar-refractivity contribution is 5.84. The van der Waals surface area contributed by atoms with E-state index >= 15 is 0 Å². The first-order valence-electron chi connectivity index (χ1n) is 5.48. The molecule has 6 nitrogen and oxygen atoms in total. The van der Waals surface area contributed by atoms with Crippen molar-refractivity contribution in [3.63, 3.8) is 0 Å². The third-order valence-corrected chi connectivity index (χ3v) is 2.48. The van der Waals surface area contributed by atoms with Crippen LogP contribution in [0.15, 0.2) is 0 Å². The van der Waals surface area contributed by atoms with Crippen molar-refractivity contribution in [3.8, 4) is 0 Å². The van der Waals surface area contributed by atoms with Crippen molar-refractivity contribution >= 4 is 11.9 Å². The van der Waals surface area contributed by atoms with Gasteiger partial charge in [0.05, 0.1) is 19.2 Å². The topological polar surface area (TPSA) is 91.4 Å². The Hall–Kier alpha value is -1.30. The van der Waals surface area contributed by atoms with Crippen LogP contribution in [-0.2, 0) is 4.74 Å². The molecule has 1 fully saturated rings. The summed E-state index contributed by atoms with van der Waals surface area (Å²) in [5.41, 5.74) is 5.31. The second kappa shape index (κ2) is 5.69. The molecule has 0 aromatic heterocycles. The van der Waals surface area contributed by atoms with Crippen LogP contribution in [0.3, 0.4) is 0 Å². The van der Waals surface area contributed by atoms with Crippen molar-refractivity contribution in [1.29, 1.82) is 5.41 Å². The third kappa shape index (κ3) is 3.69.